The molecule has 4 rings (SSSR count). The largest absolute Gasteiger partial charge is 0.347 e. The Bertz CT molecular complexity index is 1040. The third-order valence-corrected chi connectivity index (χ3v) is 5.63. The van der Waals surface area contributed by atoms with Crippen molar-refractivity contribution in [3.8, 4) is 0 Å². The quantitative estimate of drug-likeness (QED) is 0.537. The standard InChI is InChI=1S/C25H27N5O2/c1-30(17-19-7-3-2-4-8-19)25(32)21-16-28-29-23(21)20-12-10-18(11-13-20)15-27-24(31)22-9-5-6-14-26-22/h2-14,21,23,28-29H,15-17H2,1H3,(H,27,31). The molecule has 7 nitrogen and oxygen atoms in total. The molecule has 2 amide bonds. The molecule has 0 aliphatic carbocycles. The summed E-state index contributed by atoms with van der Waals surface area (Å²) in [6, 6.07) is 23.1. The SMILES string of the molecule is CN(Cc1ccccc1)C(=O)C1CNNC1c1ccc(CNC(=O)c2ccccn2)cc1. The Morgan fingerprint density at radius 2 is 1.75 bits per heavy atom. The summed E-state index contributed by atoms with van der Waals surface area (Å²) < 4.78 is 0. The van der Waals surface area contributed by atoms with Gasteiger partial charge in [0.1, 0.15) is 5.69 Å². The first-order valence-electron chi connectivity index (χ1n) is 10.7. The predicted molar refractivity (Wildman–Crippen MR) is 122 cm³/mol. The maximum Gasteiger partial charge on any atom is 0.270 e. The van der Waals surface area contributed by atoms with Gasteiger partial charge in [-0.2, -0.15) is 0 Å². The lowest BCUT2D eigenvalue weighted by atomic mass is 9.93. The summed E-state index contributed by atoms with van der Waals surface area (Å²) in [7, 11) is 1.85. The molecule has 3 aromatic rings. The summed E-state index contributed by atoms with van der Waals surface area (Å²) in [5, 5.41) is 2.88. The monoisotopic (exact) mass is 429 g/mol. The first-order valence-corrected chi connectivity index (χ1v) is 10.7. The molecule has 0 spiro atoms. The molecule has 0 radical (unpaired) electrons. The van der Waals surface area contributed by atoms with Crippen molar-refractivity contribution in [3.63, 3.8) is 0 Å². The first-order chi connectivity index (χ1) is 15.6. The first kappa shape index (κ1) is 21.7. The molecule has 1 saturated heterocycles. The van der Waals surface area contributed by atoms with Gasteiger partial charge in [0.15, 0.2) is 0 Å². The molecule has 32 heavy (non-hydrogen) atoms. The second-order valence-electron chi connectivity index (χ2n) is 7.93. The zero-order chi connectivity index (χ0) is 22.3. The average Bonchev–Trinajstić information content (AvgIpc) is 3.33. The molecule has 164 valence electrons. The van der Waals surface area contributed by atoms with Gasteiger partial charge in [0.05, 0.1) is 12.0 Å². The average molecular weight is 430 g/mol. The second kappa shape index (κ2) is 10.2. The maximum absolute atomic E-state index is 13.1. The zero-order valence-corrected chi connectivity index (χ0v) is 18.0. The fourth-order valence-corrected chi connectivity index (χ4v) is 3.87. The van der Waals surface area contributed by atoms with E-state index in [-0.39, 0.29) is 23.8 Å². The number of aromatic nitrogens is 1. The van der Waals surface area contributed by atoms with Crippen molar-refractivity contribution in [3.05, 3.63) is 101 Å². The Balaban J connectivity index is 1.36. The molecule has 3 N–H and O–H groups in total. The number of benzene rings is 2. The molecule has 2 aromatic carbocycles. The Morgan fingerprint density at radius 1 is 1.00 bits per heavy atom. The lowest BCUT2D eigenvalue weighted by Crippen LogP contribution is -2.36. The Kier molecular flexibility index (Phi) is 6.89. The van der Waals surface area contributed by atoms with E-state index in [1.807, 2.05) is 61.6 Å². The van der Waals surface area contributed by atoms with Crippen molar-refractivity contribution in [1.29, 1.82) is 0 Å². The van der Waals surface area contributed by atoms with E-state index in [1.54, 1.807) is 29.3 Å². The van der Waals surface area contributed by atoms with Crippen molar-refractivity contribution in [1.82, 2.24) is 26.1 Å². The highest BCUT2D eigenvalue weighted by Crippen LogP contribution is 2.27. The fraction of sp³-hybridized carbons (Fsp3) is 0.240. The minimum absolute atomic E-state index is 0.100. The highest BCUT2D eigenvalue weighted by molar-refractivity contribution is 5.92. The van der Waals surface area contributed by atoms with Gasteiger partial charge >= 0.3 is 0 Å². The van der Waals surface area contributed by atoms with E-state index in [0.717, 1.165) is 16.7 Å². The number of amides is 2. The van der Waals surface area contributed by atoms with Crippen molar-refractivity contribution in [2.45, 2.75) is 19.1 Å². The summed E-state index contributed by atoms with van der Waals surface area (Å²) in [6.45, 7) is 1.57. The lowest BCUT2D eigenvalue weighted by Gasteiger charge is -2.24. The number of carbonyl (C=O) groups excluding carboxylic acids is 2. The number of hydrogen-bond acceptors (Lipinski definition) is 5. The topological polar surface area (TPSA) is 86.4 Å². The van der Waals surface area contributed by atoms with Crippen LogP contribution in [-0.4, -0.2) is 35.3 Å². The van der Waals surface area contributed by atoms with E-state index in [2.05, 4.69) is 21.2 Å². The molecule has 0 saturated carbocycles. The van der Waals surface area contributed by atoms with E-state index in [0.29, 0.717) is 25.3 Å². The van der Waals surface area contributed by atoms with Crippen LogP contribution in [0.4, 0.5) is 0 Å². The molecule has 1 fully saturated rings. The number of rotatable bonds is 7. The molecule has 1 aromatic heterocycles. The summed E-state index contributed by atoms with van der Waals surface area (Å²) >= 11 is 0. The van der Waals surface area contributed by atoms with Crippen LogP contribution in [0.25, 0.3) is 0 Å². The van der Waals surface area contributed by atoms with Gasteiger partial charge in [-0.25, -0.2) is 5.43 Å². The lowest BCUT2D eigenvalue weighted by molar-refractivity contribution is -0.134. The van der Waals surface area contributed by atoms with Crippen LogP contribution < -0.4 is 16.2 Å². The van der Waals surface area contributed by atoms with Gasteiger partial charge in [-0.3, -0.25) is 20.0 Å². The molecule has 2 unspecified atom stereocenters. The summed E-state index contributed by atoms with van der Waals surface area (Å²) in [6.07, 6.45) is 1.60. The van der Waals surface area contributed by atoms with Gasteiger partial charge < -0.3 is 10.2 Å². The normalized spacial score (nSPS) is 17.7. The van der Waals surface area contributed by atoms with Crippen LogP contribution in [0.2, 0.25) is 0 Å². The Labute approximate surface area is 187 Å². The number of hydrogen-bond donors (Lipinski definition) is 3. The van der Waals surface area contributed by atoms with Crippen LogP contribution in [0.1, 0.15) is 33.2 Å². The van der Waals surface area contributed by atoms with E-state index >= 15 is 0 Å². The number of hydrazine groups is 1. The van der Waals surface area contributed by atoms with Crippen LogP contribution in [-0.2, 0) is 17.9 Å². The van der Waals surface area contributed by atoms with Gasteiger partial charge in [0.2, 0.25) is 5.91 Å². The minimum Gasteiger partial charge on any atom is -0.347 e. The van der Waals surface area contributed by atoms with Gasteiger partial charge in [-0.05, 0) is 28.8 Å². The van der Waals surface area contributed by atoms with Crippen molar-refractivity contribution >= 4 is 11.8 Å². The van der Waals surface area contributed by atoms with Crippen LogP contribution in [0.3, 0.4) is 0 Å². The molecule has 2 atom stereocenters. The highest BCUT2D eigenvalue weighted by atomic mass is 16.2. The van der Waals surface area contributed by atoms with Gasteiger partial charge in [0.25, 0.3) is 5.91 Å². The number of pyridine rings is 1. The smallest absolute Gasteiger partial charge is 0.270 e. The fourth-order valence-electron chi connectivity index (χ4n) is 3.87. The molecular weight excluding hydrogens is 402 g/mol. The molecule has 1 aliphatic heterocycles. The van der Waals surface area contributed by atoms with Crippen molar-refractivity contribution < 1.29 is 9.59 Å². The van der Waals surface area contributed by atoms with Crippen molar-refractivity contribution in [2.24, 2.45) is 5.92 Å². The van der Waals surface area contributed by atoms with Crippen molar-refractivity contribution in [2.75, 3.05) is 13.6 Å². The molecular formula is C25H27N5O2. The molecule has 0 bridgehead atoms. The van der Waals surface area contributed by atoms with Crippen LogP contribution in [0, 0.1) is 5.92 Å². The number of nitrogens with one attached hydrogen (secondary N) is 3. The van der Waals surface area contributed by atoms with E-state index in [9.17, 15) is 9.59 Å². The van der Waals surface area contributed by atoms with Gasteiger partial charge in [0, 0.05) is 32.9 Å². The third-order valence-electron chi connectivity index (χ3n) is 5.63. The van der Waals surface area contributed by atoms with Gasteiger partial charge in [-0.1, -0.05) is 60.7 Å². The second-order valence-corrected chi connectivity index (χ2v) is 7.93. The summed E-state index contributed by atoms with van der Waals surface area (Å²) in [4.78, 5) is 31.1. The Hall–Kier alpha value is -3.55. The highest BCUT2D eigenvalue weighted by Gasteiger charge is 2.35. The third kappa shape index (κ3) is 5.19. The van der Waals surface area contributed by atoms with E-state index in [4.69, 9.17) is 0 Å². The minimum atomic E-state index is -0.205. The summed E-state index contributed by atoms with van der Waals surface area (Å²) in [5.74, 6) is -0.301. The van der Waals surface area contributed by atoms with Crippen LogP contribution >= 0.6 is 0 Å². The molecule has 2 heterocycles. The Morgan fingerprint density at radius 3 is 2.47 bits per heavy atom. The maximum atomic E-state index is 13.1. The van der Waals surface area contributed by atoms with E-state index < -0.39 is 0 Å². The summed E-state index contributed by atoms with van der Waals surface area (Å²) in [5.41, 5.74) is 9.88. The number of nitrogens with zero attached hydrogens (tertiary/aromatic N) is 2. The van der Waals surface area contributed by atoms with E-state index in [1.165, 1.54) is 0 Å². The van der Waals surface area contributed by atoms with Crippen LogP contribution in [0.15, 0.2) is 79.0 Å². The predicted octanol–water partition coefficient (Wildman–Crippen LogP) is 2.44. The zero-order valence-electron chi connectivity index (χ0n) is 18.0. The molecule has 1 aliphatic rings. The van der Waals surface area contributed by atoms with Gasteiger partial charge in [-0.15, -0.1) is 0 Å². The number of carbonyl (C=O) groups is 2. The van der Waals surface area contributed by atoms with Crippen LogP contribution in [0.5, 0.6) is 0 Å². The molecule has 7 heteroatoms.